The summed E-state index contributed by atoms with van der Waals surface area (Å²) in [5.74, 6) is -5.26. The van der Waals surface area contributed by atoms with Crippen molar-refractivity contribution in [2.24, 2.45) is 0 Å². The zero-order valence-electron chi connectivity index (χ0n) is 12.8. The second-order valence-electron chi connectivity index (χ2n) is 2.50. The molecule has 0 amide bonds. The molecule has 0 saturated carbocycles. The molecule has 0 aliphatic heterocycles. The summed E-state index contributed by atoms with van der Waals surface area (Å²) in [6, 6.07) is 0. The van der Waals surface area contributed by atoms with Crippen molar-refractivity contribution in [3.8, 4) is 0 Å². The summed E-state index contributed by atoms with van der Waals surface area (Å²) < 4.78 is 14.5. The van der Waals surface area contributed by atoms with Crippen LogP contribution in [0.5, 0.6) is 0 Å². The third-order valence-corrected chi connectivity index (χ3v) is 1.13. The summed E-state index contributed by atoms with van der Waals surface area (Å²) in [7, 11) is 0. The molecule has 0 aromatic rings. The van der Waals surface area contributed by atoms with Gasteiger partial charge in [0.15, 0.2) is 0 Å². The molecule has 12 nitrogen and oxygen atoms in total. The smallest absolute Gasteiger partial charge is 0.548 e. The molecular formula is C8H8AlCl4NaO12. The average Bonchev–Trinajstić information content (AvgIpc) is 2.39. The molecule has 0 aromatic heterocycles. The molecule has 0 unspecified atom stereocenters. The van der Waals surface area contributed by atoms with E-state index >= 15 is 0 Å². The molecule has 0 N–H and O–H groups in total. The first-order valence-electron chi connectivity index (χ1n) is 4.82. The van der Waals surface area contributed by atoms with Crippen LogP contribution in [-0.4, -0.2) is 67.7 Å². The number of carboxylic acid groups (broad SMARTS) is 4. The van der Waals surface area contributed by atoms with Crippen molar-refractivity contribution in [3.63, 3.8) is 0 Å². The van der Waals surface area contributed by atoms with E-state index in [2.05, 4.69) is 64.6 Å². The van der Waals surface area contributed by atoms with Gasteiger partial charge in [-0.3, -0.25) is 17.2 Å². The van der Waals surface area contributed by atoms with Gasteiger partial charge in [0.25, 0.3) is 0 Å². The van der Waals surface area contributed by atoms with E-state index in [0.29, 0.717) is 0 Å². The molecular weight excluding hydrogens is 480 g/mol. The van der Waals surface area contributed by atoms with Gasteiger partial charge >= 0.3 is 46.9 Å². The second kappa shape index (κ2) is 36.3. The summed E-state index contributed by atoms with van der Waals surface area (Å²) in [6.07, 6.45) is 0. The van der Waals surface area contributed by atoms with Crippen molar-refractivity contribution in [3.05, 3.63) is 0 Å². The van der Waals surface area contributed by atoms with E-state index in [0.717, 1.165) is 0 Å². The summed E-state index contributed by atoms with van der Waals surface area (Å²) in [6.45, 7) is -2.22. The van der Waals surface area contributed by atoms with Gasteiger partial charge in [0.05, 0.1) is 71.3 Å². The minimum absolute atomic E-state index is 0. The van der Waals surface area contributed by atoms with Crippen molar-refractivity contribution in [1.29, 1.82) is 0 Å². The van der Waals surface area contributed by atoms with Crippen molar-refractivity contribution in [2.75, 3.05) is 26.4 Å². The summed E-state index contributed by atoms with van der Waals surface area (Å²) in [5, 5.41) is 37.1. The van der Waals surface area contributed by atoms with Gasteiger partial charge < -0.3 is 39.6 Å². The fourth-order valence-corrected chi connectivity index (χ4v) is 0.535. The number of carbonyl (C=O) groups excluding carboxylic acids is 4. The Hall–Kier alpha value is 0.412. The van der Waals surface area contributed by atoms with Crippen LogP contribution in [0.1, 0.15) is 0 Å². The van der Waals surface area contributed by atoms with Crippen LogP contribution in [-0.2, 0) is 36.3 Å². The van der Waals surface area contributed by atoms with Gasteiger partial charge in [-0.2, -0.15) is 0 Å². The SMILES string of the molecule is O=C([O-])COCl.O=C([O-])COCl.O=C([O-])COCl.O=C([O-])COCl.[Al+3].[Na+]. The summed E-state index contributed by atoms with van der Waals surface area (Å²) in [4.78, 5) is 37.1. The Morgan fingerprint density at radius 1 is 0.538 bits per heavy atom. The predicted molar refractivity (Wildman–Crippen MR) is 73.0 cm³/mol. The molecule has 0 heterocycles. The third-order valence-electron chi connectivity index (χ3n) is 0.690. The summed E-state index contributed by atoms with van der Waals surface area (Å²) in [5.41, 5.74) is 0. The van der Waals surface area contributed by atoms with Gasteiger partial charge in [0.2, 0.25) is 0 Å². The molecule has 26 heavy (non-hydrogen) atoms. The van der Waals surface area contributed by atoms with E-state index in [1.165, 1.54) is 0 Å². The fraction of sp³-hybridized carbons (Fsp3) is 0.500. The Balaban J connectivity index is -0.0000000500. The molecule has 0 aromatic carbocycles. The monoisotopic (exact) mass is 486 g/mol. The number of rotatable bonds is 8. The molecule has 0 aliphatic rings. The first-order valence-corrected chi connectivity index (χ1v) is 6.05. The maximum absolute atomic E-state index is 9.28. The predicted octanol–water partition coefficient (Wildman–Crippen LogP) is -7.75. The van der Waals surface area contributed by atoms with Gasteiger partial charge in [-0.05, 0) is 0 Å². The van der Waals surface area contributed by atoms with Crippen molar-refractivity contribution >= 4 is 88.7 Å². The van der Waals surface area contributed by atoms with Gasteiger partial charge in [-0.1, -0.05) is 0 Å². The van der Waals surface area contributed by atoms with E-state index in [4.69, 9.17) is 0 Å². The van der Waals surface area contributed by atoms with Crippen molar-refractivity contribution in [1.82, 2.24) is 0 Å². The molecule has 0 saturated heterocycles. The maximum atomic E-state index is 9.28. The van der Waals surface area contributed by atoms with E-state index < -0.39 is 50.3 Å². The first kappa shape index (κ1) is 40.9. The van der Waals surface area contributed by atoms with E-state index in [1.54, 1.807) is 0 Å². The Kier molecular flexibility index (Phi) is 57.2. The number of hydrogen-bond acceptors (Lipinski definition) is 12. The molecule has 144 valence electrons. The van der Waals surface area contributed by atoms with E-state index in [-0.39, 0.29) is 46.9 Å². The molecule has 0 bridgehead atoms. The van der Waals surface area contributed by atoms with Gasteiger partial charge in [0.1, 0.15) is 26.4 Å². The Morgan fingerprint density at radius 2 is 0.654 bits per heavy atom. The first-order chi connectivity index (χ1) is 11.1. The third kappa shape index (κ3) is 86.9. The Morgan fingerprint density at radius 3 is 0.654 bits per heavy atom. The zero-order valence-corrected chi connectivity index (χ0v) is 19.0. The molecule has 0 rings (SSSR count). The van der Waals surface area contributed by atoms with Crippen LogP contribution in [0.4, 0.5) is 0 Å². The number of aliphatic carboxylic acids is 4. The fourth-order valence-electron chi connectivity index (χ4n) is 0.178. The van der Waals surface area contributed by atoms with Crippen LogP contribution in [0, 0.1) is 0 Å². The van der Waals surface area contributed by atoms with Crippen LogP contribution in [0.25, 0.3) is 0 Å². The minimum Gasteiger partial charge on any atom is -0.548 e. The van der Waals surface area contributed by atoms with Crippen LogP contribution >= 0.6 is 47.5 Å². The standard InChI is InChI=1S/4C2H3ClO3.Al.Na/c4*3-6-1-2(4)5;;/h4*1H2,(H,4,5);;/q;;;;+3;+1/p-4. The van der Waals surface area contributed by atoms with Gasteiger partial charge in [0, 0.05) is 0 Å². The molecule has 0 spiro atoms. The zero-order chi connectivity index (χ0) is 20.0. The number of hydrogen-bond donors (Lipinski definition) is 0. The van der Waals surface area contributed by atoms with Crippen molar-refractivity contribution in [2.45, 2.75) is 0 Å². The number of halogens is 4. The molecule has 0 atom stereocenters. The molecule has 18 heteroatoms. The van der Waals surface area contributed by atoms with Crippen molar-refractivity contribution < 1.29 is 86.3 Å². The normalized spacial score (nSPS) is 7.54. The molecule has 0 radical (unpaired) electrons. The Labute approximate surface area is 200 Å². The minimum atomic E-state index is -1.31. The van der Waals surface area contributed by atoms with E-state index in [9.17, 15) is 39.6 Å². The number of carboxylic acids is 4. The summed E-state index contributed by atoms with van der Waals surface area (Å²) >= 11 is 17.9. The number of carbonyl (C=O) groups is 4. The Bertz CT molecular complexity index is 287. The quantitative estimate of drug-likeness (QED) is 0.293. The maximum Gasteiger partial charge on any atom is 3.00 e. The van der Waals surface area contributed by atoms with Gasteiger partial charge in [-0.25, -0.2) is 0 Å². The van der Waals surface area contributed by atoms with Gasteiger partial charge in [-0.15, -0.1) is 0 Å². The van der Waals surface area contributed by atoms with Crippen LogP contribution in [0.3, 0.4) is 0 Å². The average molecular weight is 488 g/mol. The molecule has 0 aliphatic carbocycles. The van der Waals surface area contributed by atoms with Crippen LogP contribution < -0.4 is 50.0 Å². The topological polar surface area (TPSA) is 197 Å². The van der Waals surface area contributed by atoms with E-state index in [1.807, 2.05) is 0 Å². The largest absolute Gasteiger partial charge is 3.00 e. The molecule has 0 fully saturated rings. The van der Waals surface area contributed by atoms with Crippen LogP contribution in [0.2, 0.25) is 0 Å². The second-order valence-corrected chi connectivity index (χ2v) is 3.37. The van der Waals surface area contributed by atoms with Crippen LogP contribution in [0.15, 0.2) is 0 Å².